The maximum Gasteiger partial charge on any atom is 0.326 e. The molecular formula is C17H19NO3S2. The molecule has 0 fully saturated rings. The molecule has 1 amide bonds. The second-order valence-electron chi connectivity index (χ2n) is 5.24. The van der Waals surface area contributed by atoms with Crippen molar-refractivity contribution in [2.24, 2.45) is 5.92 Å². The van der Waals surface area contributed by atoms with E-state index in [1.807, 2.05) is 41.8 Å². The van der Waals surface area contributed by atoms with Crippen LogP contribution in [-0.2, 0) is 16.0 Å². The Morgan fingerprint density at radius 3 is 2.43 bits per heavy atom. The summed E-state index contributed by atoms with van der Waals surface area (Å²) in [5.41, 5.74) is 1.04. The molecule has 23 heavy (non-hydrogen) atoms. The van der Waals surface area contributed by atoms with Crippen LogP contribution in [0.1, 0.15) is 12.5 Å². The van der Waals surface area contributed by atoms with E-state index in [0.29, 0.717) is 17.2 Å². The lowest BCUT2D eigenvalue weighted by atomic mass is 9.99. The minimum absolute atomic E-state index is 0.207. The number of hydrogen-bond acceptors (Lipinski definition) is 4. The Morgan fingerprint density at radius 1 is 1.22 bits per heavy atom. The summed E-state index contributed by atoms with van der Waals surface area (Å²) >= 11 is 5.66. The first-order valence-electron chi connectivity index (χ1n) is 7.28. The number of carbonyl (C=O) groups excluding carboxylic acids is 1. The molecule has 0 bridgehead atoms. The maximum atomic E-state index is 12.9. The number of amides is 1. The van der Waals surface area contributed by atoms with Gasteiger partial charge in [0.05, 0.1) is 10.9 Å². The number of anilines is 1. The van der Waals surface area contributed by atoms with Crippen molar-refractivity contribution >= 4 is 40.8 Å². The Kier molecular flexibility index (Phi) is 6.24. The van der Waals surface area contributed by atoms with Crippen molar-refractivity contribution in [1.29, 1.82) is 0 Å². The minimum atomic E-state index is -1.02. The third-order valence-corrected chi connectivity index (χ3v) is 4.93. The summed E-state index contributed by atoms with van der Waals surface area (Å²) in [5, 5.41) is 11.8. The van der Waals surface area contributed by atoms with E-state index in [-0.39, 0.29) is 11.8 Å². The molecule has 122 valence electrons. The number of carboxylic acids is 1. The quantitative estimate of drug-likeness (QED) is 0.754. The van der Waals surface area contributed by atoms with E-state index in [0.717, 1.165) is 5.56 Å². The Bertz CT molecular complexity index is 643. The molecule has 0 aliphatic carbocycles. The lowest BCUT2D eigenvalue weighted by molar-refractivity contribution is -0.140. The number of aliphatic carboxylic acids is 1. The van der Waals surface area contributed by atoms with E-state index < -0.39 is 12.0 Å². The molecule has 2 atom stereocenters. The van der Waals surface area contributed by atoms with Crippen molar-refractivity contribution in [3.63, 3.8) is 0 Å². The molecule has 0 aliphatic rings. The van der Waals surface area contributed by atoms with Crippen molar-refractivity contribution in [1.82, 2.24) is 0 Å². The van der Waals surface area contributed by atoms with E-state index in [4.69, 9.17) is 0 Å². The predicted octanol–water partition coefficient (Wildman–Crippen LogP) is 3.34. The second kappa shape index (κ2) is 8.17. The molecule has 0 aliphatic heterocycles. The van der Waals surface area contributed by atoms with E-state index >= 15 is 0 Å². The van der Waals surface area contributed by atoms with Gasteiger partial charge < -0.3 is 5.11 Å². The third kappa shape index (κ3) is 4.36. The first-order chi connectivity index (χ1) is 11.0. The molecule has 1 heterocycles. The number of benzene rings is 1. The summed E-state index contributed by atoms with van der Waals surface area (Å²) in [6.07, 6.45) is 0.539. The van der Waals surface area contributed by atoms with Crippen LogP contribution >= 0.6 is 24.0 Å². The van der Waals surface area contributed by atoms with Crippen molar-refractivity contribution < 1.29 is 14.7 Å². The highest BCUT2D eigenvalue weighted by molar-refractivity contribution is 7.80. The Balaban J connectivity index is 2.26. The van der Waals surface area contributed by atoms with Crippen LogP contribution in [0.5, 0.6) is 0 Å². The van der Waals surface area contributed by atoms with Gasteiger partial charge in [-0.05, 0) is 36.4 Å². The zero-order valence-electron chi connectivity index (χ0n) is 12.8. The molecule has 4 nitrogen and oxygen atoms in total. The number of nitrogens with zero attached hydrogens (tertiary/aromatic N) is 1. The van der Waals surface area contributed by atoms with Gasteiger partial charge in [0.15, 0.2) is 0 Å². The summed E-state index contributed by atoms with van der Waals surface area (Å²) in [6, 6.07) is 12.3. The topological polar surface area (TPSA) is 57.6 Å². The van der Waals surface area contributed by atoms with Gasteiger partial charge in [0.25, 0.3) is 0 Å². The molecule has 0 spiro atoms. The van der Waals surface area contributed by atoms with Crippen LogP contribution in [0, 0.1) is 5.92 Å². The van der Waals surface area contributed by atoms with Crippen molar-refractivity contribution in [2.45, 2.75) is 19.4 Å². The Morgan fingerprint density at radius 2 is 1.91 bits per heavy atom. The first-order valence-corrected chi connectivity index (χ1v) is 8.80. The molecule has 1 N–H and O–H groups in total. The van der Waals surface area contributed by atoms with Gasteiger partial charge in [-0.15, -0.1) is 11.3 Å². The van der Waals surface area contributed by atoms with Crippen molar-refractivity contribution in [2.75, 3.05) is 10.7 Å². The highest BCUT2D eigenvalue weighted by Crippen LogP contribution is 2.27. The minimum Gasteiger partial charge on any atom is -0.480 e. The smallest absolute Gasteiger partial charge is 0.326 e. The maximum absolute atomic E-state index is 12.9. The van der Waals surface area contributed by atoms with Crippen LogP contribution in [0.3, 0.4) is 0 Å². The first kappa shape index (κ1) is 17.6. The average Bonchev–Trinajstić information content (AvgIpc) is 3.07. The molecular weight excluding hydrogens is 330 g/mol. The van der Waals surface area contributed by atoms with Gasteiger partial charge in [-0.25, -0.2) is 4.79 Å². The number of thiophene rings is 1. The zero-order chi connectivity index (χ0) is 16.8. The molecule has 2 aromatic rings. The fourth-order valence-electron chi connectivity index (χ4n) is 2.33. The highest BCUT2D eigenvalue weighted by atomic mass is 32.1. The summed E-state index contributed by atoms with van der Waals surface area (Å²) < 4.78 is 0. The van der Waals surface area contributed by atoms with Crippen LogP contribution in [0.2, 0.25) is 0 Å². The summed E-state index contributed by atoms with van der Waals surface area (Å²) in [4.78, 5) is 25.7. The molecule has 1 aromatic carbocycles. The largest absolute Gasteiger partial charge is 0.480 e. The van der Waals surface area contributed by atoms with Gasteiger partial charge in [-0.3, -0.25) is 9.69 Å². The number of carbonyl (C=O) groups is 2. The summed E-state index contributed by atoms with van der Waals surface area (Å²) in [5.74, 6) is -1.24. The van der Waals surface area contributed by atoms with Crippen LogP contribution in [-0.4, -0.2) is 28.8 Å². The third-order valence-electron chi connectivity index (χ3n) is 3.62. The van der Waals surface area contributed by atoms with Gasteiger partial charge in [0.1, 0.15) is 6.04 Å². The van der Waals surface area contributed by atoms with Gasteiger partial charge >= 0.3 is 5.97 Å². The highest BCUT2D eigenvalue weighted by Gasteiger charge is 2.32. The van der Waals surface area contributed by atoms with Crippen LogP contribution in [0.25, 0.3) is 0 Å². The standard InChI is InChI=1S/C17H19NO3S2/c1-12(17(20)21)18(15-8-5-9-23-15)16(19)14(11-22)10-13-6-3-2-4-7-13/h2-9,12,14,22H,10-11H2,1H3,(H,20,21). The van der Waals surface area contributed by atoms with Gasteiger partial charge in [0.2, 0.25) is 5.91 Å². The van der Waals surface area contributed by atoms with E-state index in [1.165, 1.54) is 23.2 Å². The normalized spacial score (nSPS) is 13.3. The second-order valence-corrected chi connectivity index (χ2v) is 6.53. The van der Waals surface area contributed by atoms with Gasteiger partial charge in [-0.1, -0.05) is 30.3 Å². The fourth-order valence-corrected chi connectivity index (χ4v) is 3.43. The van der Waals surface area contributed by atoms with E-state index in [1.54, 1.807) is 6.07 Å². The lowest BCUT2D eigenvalue weighted by Gasteiger charge is -2.28. The van der Waals surface area contributed by atoms with Crippen molar-refractivity contribution in [3.8, 4) is 0 Å². The fraction of sp³-hybridized carbons (Fsp3) is 0.294. The van der Waals surface area contributed by atoms with Crippen LogP contribution in [0.15, 0.2) is 47.8 Å². The predicted molar refractivity (Wildman–Crippen MR) is 96.4 cm³/mol. The molecule has 1 aromatic heterocycles. The van der Waals surface area contributed by atoms with Crippen LogP contribution in [0.4, 0.5) is 5.00 Å². The molecule has 0 saturated carbocycles. The Hall–Kier alpha value is -1.79. The van der Waals surface area contributed by atoms with E-state index in [2.05, 4.69) is 12.6 Å². The molecule has 0 radical (unpaired) electrons. The van der Waals surface area contributed by atoms with Gasteiger partial charge in [0, 0.05) is 5.75 Å². The summed E-state index contributed by atoms with van der Waals surface area (Å²) in [7, 11) is 0. The number of hydrogen-bond donors (Lipinski definition) is 2. The summed E-state index contributed by atoms with van der Waals surface area (Å²) in [6.45, 7) is 1.53. The number of thiol groups is 1. The van der Waals surface area contributed by atoms with Crippen LogP contribution < -0.4 is 4.90 Å². The number of carboxylic acid groups (broad SMARTS) is 1. The molecule has 6 heteroatoms. The number of rotatable bonds is 7. The lowest BCUT2D eigenvalue weighted by Crippen LogP contribution is -2.46. The molecule has 2 unspecified atom stereocenters. The van der Waals surface area contributed by atoms with Crippen molar-refractivity contribution in [3.05, 3.63) is 53.4 Å². The zero-order valence-corrected chi connectivity index (χ0v) is 14.5. The monoisotopic (exact) mass is 349 g/mol. The Labute approximate surface area is 145 Å². The van der Waals surface area contributed by atoms with Gasteiger partial charge in [-0.2, -0.15) is 12.6 Å². The molecule has 0 saturated heterocycles. The average molecular weight is 349 g/mol. The van der Waals surface area contributed by atoms with E-state index in [9.17, 15) is 14.7 Å². The molecule has 2 rings (SSSR count). The SMILES string of the molecule is CC(C(=O)O)N(C(=O)C(CS)Cc1ccccc1)c1cccs1.